The number of benzene rings is 1. The van der Waals surface area contributed by atoms with Crippen molar-refractivity contribution in [3.05, 3.63) is 30.3 Å². The molecule has 0 radical (unpaired) electrons. The number of anilines is 1. The molecule has 2 fully saturated rings. The Morgan fingerprint density at radius 1 is 1.16 bits per heavy atom. The maximum absolute atomic E-state index is 12.1. The zero-order chi connectivity index (χ0) is 17.6. The van der Waals surface area contributed by atoms with E-state index in [1.807, 2.05) is 30.3 Å². The zero-order valence-corrected chi connectivity index (χ0v) is 14.3. The van der Waals surface area contributed by atoms with Crippen LogP contribution in [0.2, 0.25) is 0 Å². The van der Waals surface area contributed by atoms with Gasteiger partial charge in [-0.25, -0.2) is 4.79 Å². The van der Waals surface area contributed by atoms with E-state index in [1.165, 1.54) is 6.42 Å². The van der Waals surface area contributed by atoms with E-state index in [2.05, 4.69) is 15.5 Å². The molecule has 4 N–H and O–H groups in total. The number of aliphatic hydroxyl groups is 2. The molecule has 2 heterocycles. The lowest BCUT2D eigenvalue weighted by Gasteiger charge is -2.36. The minimum atomic E-state index is -0.743. The van der Waals surface area contributed by atoms with E-state index in [0.29, 0.717) is 5.69 Å². The van der Waals surface area contributed by atoms with Gasteiger partial charge in [-0.3, -0.25) is 4.90 Å². The number of nitrogens with one attached hydrogen (secondary N) is 2. The van der Waals surface area contributed by atoms with E-state index in [4.69, 9.17) is 4.74 Å². The van der Waals surface area contributed by atoms with Gasteiger partial charge in [-0.2, -0.15) is 0 Å². The number of piperidine rings is 1. The molecule has 0 saturated carbocycles. The lowest BCUT2D eigenvalue weighted by Crippen LogP contribution is -2.52. The largest absolute Gasteiger partial charge is 0.394 e. The molecule has 3 rings (SSSR count). The summed E-state index contributed by atoms with van der Waals surface area (Å²) in [6, 6.07) is 8.70. The highest BCUT2D eigenvalue weighted by Gasteiger charge is 2.46. The molecule has 0 aliphatic carbocycles. The van der Waals surface area contributed by atoms with Crippen molar-refractivity contribution < 1.29 is 19.7 Å². The van der Waals surface area contributed by atoms with Crippen LogP contribution >= 0.6 is 0 Å². The molecule has 7 nitrogen and oxygen atoms in total. The lowest BCUT2D eigenvalue weighted by molar-refractivity contribution is -0.0205. The number of rotatable bonds is 5. The van der Waals surface area contributed by atoms with Gasteiger partial charge in [-0.05, 0) is 38.1 Å². The van der Waals surface area contributed by atoms with Crippen molar-refractivity contribution in [3.8, 4) is 0 Å². The Bertz CT molecular complexity index is 551. The number of hydrogen-bond acceptors (Lipinski definition) is 5. The fraction of sp³-hybridized carbons (Fsp3) is 0.611. The number of ether oxygens (including phenoxy) is 1. The van der Waals surface area contributed by atoms with E-state index in [0.717, 1.165) is 25.9 Å². The van der Waals surface area contributed by atoms with Crippen molar-refractivity contribution >= 4 is 11.7 Å². The molecule has 25 heavy (non-hydrogen) atoms. The highest BCUT2D eigenvalue weighted by Crippen LogP contribution is 2.27. The van der Waals surface area contributed by atoms with Crippen LogP contribution in [0.25, 0.3) is 0 Å². The van der Waals surface area contributed by atoms with Crippen molar-refractivity contribution in [2.45, 2.75) is 43.6 Å². The Kier molecular flexibility index (Phi) is 6.25. The molecule has 0 unspecified atom stereocenters. The van der Waals surface area contributed by atoms with Crippen LogP contribution in [0.1, 0.15) is 19.3 Å². The molecule has 2 aliphatic heterocycles. The molecule has 138 valence electrons. The number of hydrogen-bond donors (Lipinski definition) is 4. The first-order valence-corrected chi connectivity index (χ1v) is 8.97. The standard InChI is InChI=1S/C18H27N3O4/c22-12-15-17(23)16(21-9-5-2-6-10-21)14(25-15)11-19-18(24)20-13-7-3-1-4-8-13/h1,3-4,7-8,14-17,22-23H,2,5-6,9-12H2,(H2,19,20,24)/t14-,15+,16+,17-/m1/s1. The summed E-state index contributed by atoms with van der Waals surface area (Å²) < 4.78 is 5.81. The number of carbonyl (C=O) groups is 1. The van der Waals surface area contributed by atoms with Gasteiger partial charge in [0, 0.05) is 12.2 Å². The second kappa shape index (κ2) is 8.62. The summed E-state index contributed by atoms with van der Waals surface area (Å²) in [7, 11) is 0. The molecule has 0 bridgehead atoms. The van der Waals surface area contributed by atoms with Gasteiger partial charge in [0.2, 0.25) is 0 Å². The Labute approximate surface area is 148 Å². The maximum atomic E-state index is 12.1. The van der Waals surface area contributed by atoms with Crippen LogP contribution in [-0.2, 0) is 4.74 Å². The van der Waals surface area contributed by atoms with Gasteiger partial charge in [0.25, 0.3) is 0 Å². The van der Waals surface area contributed by atoms with Crippen molar-refractivity contribution in [1.82, 2.24) is 10.2 Å². The molecule has 1 aromatic carbocycles. The summed E-state index contributed by atoms with van der Waals surface area (Å²) >= 11 is 0. The van der Waals surface area contributed by atoms with Crippen LogP contribution in [0.5, 0.6) is 0 Å². The number of urea groups is 1. The number of likely N-dealkylation sites (tertiary alicyclic amines) is 1. The molecule has 2 saturated heterocycles. The summed E-state index contributed by atoms with van der Waals surface area (Å²) in [5.74, 6) is 0. The lowest BCUT2D eigenvalue weighted by atomic mass is 9.99. The first-order valence-electron chi connectivity index (χ1n) is 8.97. The van der Waals surface area contributed by atoms with Crippen molar-refractivity contribution in [2.24, 2.45) is 0 Å². The Morgan fingerprint density at radius 3 is 2.56 bits per heavy atom. The molecular weight excluding hydrogens is 322 g/mol. The van der Waals surface area contributed by atoms with Crippen LogP contribution in [0.15, 0.2) is 30.3 Å². The number of aliphatic hydroxyl groups excluding tert-OH is 2. The van der Waals surface area contributed by atoms with E-state index < -0.39 is 12.2 Å². The molecule has 0 spiro atoms. The SMILES string of the molecule is O=C(NC[C@H]1O[C@@H](CO)[C@@H](O)[C@H]1N1CCCCC1)Nc1ccccc1. The molecule has 2 aliphatic rings. The van der Waals surface area contributed by atoms with Gasteiger partial charge < -0.3 is 25.6 Å². The second-order valence-corrected chi connectivity index (χ2v) is 6.67. The summed E-state index contributed by atoms with van der Waals surface area (Å²) in [6.45, 7) is 1.89. The van der Waals surface area contributed by atoms with Crippen molar-refractivity contribution in [2.75, 3.05) is 31.6 Å². The van der Waals surface area contributed by atoms with Crippen LogP contribution in [-0.4, -0.2) is 71.7 Å². The molecule has 4 atom stereocenters. The van der Waals surface area contributed by atoms with Crippen LogP contribution < -0.4 is 10.6 Å². The third kappa shape index (κ3) is 4.49. The molecule has 1 aromatic rings. The Morgan fingerprint density at radius 2 is 1.88 bits per heavy atom. The molecule has 2 amide bonds. The molecule has 7 heteroatoms. The minimum absolute atomic E-state index is 0.200. The van der Waals surface area contributed by atoms with E-state index in [1.54, 1.807) is 0 Å². The summed E-state index contributed by atoms with van der Waals surface area (Å²) in [4.78, 5) is 14.3. The normalized spacial score (nSPS) is 30.2. The van der Waals surface area contributed by atoms with Crippen LogP contribution in [0, 0.1) is 0 Å². The predicted octanol–water partition coefficient (Wildman–Crippen LogP) is 0.783. The number of para-hydroxylation sites is 1. The van der Waals surface area contributed by atoms with Gasteiger partial charge in [0.05, 0.1) is 18.8 Å². The fourth-order valence-corrected chi connectivity index (χ4v) is 3.70. The minimum Gasteiger partial charge on any atom is -0.394 e. The second-order valence-electron chi connectivity index (χ2n) is 6.67. The smallest absolute Gasteiger partial charge is 0.319 e. The van der Waals surface area contributed by atoms with Crippen LogP contribution in [0.3, 0.4) is 0 Å². The highest BCUT2D eigenvalue weighted by atomic mass is 16.5. The summed E-state index contributed by atoms with van der Waals surface area (Å²) in [5, 5.41) is 25.5. The monoisotopic (exact) mass is 349 g/mol. The average molecular weight is 349 g/mol. The number of amides is 2. The first-order chi connectivity index (χ1) is 12.2. The average Bonchev–Trinajstić information content (AvgIpc) is 2.97. The molecule has 0 aromatic heterocycles. The van der Waals surface area contributed by atoms with E-state index >= 15 is 0 Å². The van der Waals surface area contributed by atoms with Gasteiger partial charge in [0.1, 0.15) is 12.2 Å². The van der Waals surface area contributed by atoms with Gasteiger partial charge in [-0.15, -0.1) is 0 Å². The van der Waals surface area contributed by atoms with Crippen LogP contribution in [0.4, 0.5) is 10.5 Å². The first kappa shape index (κ1) is 18.1. The number of nitrogens with zero attached hydrogens (tertiary/aromatic N) is 1. The fourth-order valence-electron chi connectivity index (χ4n) is 3.70. The molecular formula is C18H27N3O4. The Balaban J connectivity index is 1.57. The summed E-state index contributed by atoms with van der Waals surface area (Å²) in [5.41, 5.74) is 0.716. The van der Waals surface area contributed by atoms with Crippen molar-refractivity contribution in [3.63, 3.8) is 0 Å². The van der Waals surface area contributed by atoms with Gasteiger partial charge >= 0.3 is 6.03 Å². The third-order valence-corrected chi connectivity index (χ3v) is 4.95. The zero-order valence-electron chi connectivity index (χ0n) is 14.3. The Hall–Kier alpha value is -1.67. The predicted molar refractivity (Wildman–Crippen MR) is 94.4 cm³/mol. The van der Waals surface area contributed by atoms with Gasteiger partial charge in [0.15, 0.2) is 0 Å². The van der Waals surface area contributed by atoms with Crippen molar-refractivity contribution in [1.29, 1.82) is 0 Å². The van der Waals surface area contributed by atoms with E-state index in [9.17, 15) is 15.0 Å². The topological polar surface area (TPSA) is 94.1 Å². The summed E-state index contributed by atoms with van der Waals surface area (Å²) in [6.07, 6.45) is 1.71. The quantitative estimate of drug-likeness (QED) is 0.630. The maximum Gasteiger partial charge on any atom is 0.319 e. The van der Waals surface area contributed by atoms with E-state index in [-0.39, 0.29) is 31.3 Å². The number of carbonyl (C=O) groups excluding carboxylic acids is 1. The highest BCUT2D eigenvalue weighted by molar-refractivity contribution is 5.89. The van der Waals surface area contributed by atoms with Gasteiger partial charge in [-0.1, -0.05) is 24.6 Å². The third-order valence-electron chi connectivity index (χ3n) is 4.95.